The van der Waals surface area contributed by atoms with Gasteiger partial charge in [0.1, 0.15) is 0 Å². The molecule has 0 bridgehead atoms. The van der Waals surface area contributed by atoms with Gasteiger partial charge in [-0.3, -0.25) is 15.6 Å². The van der Waals surface area contributed by atoms with Crippen LogP contribution < -0.4 is 16.2 Å². The molecule has 0 aliphatic heterocycles. The van der Waals surface area contributed by atoms with Gasteiger partial charge in [-0.15, -0.1) is 11.3 Å². The summed E-state index contributed by atoms with van der Waals surface area (Å²) in [5, 5.41) is 3.48. The SMILES string of the molecule is C[C@H]1CCc2sc(C(=O)NNC(=S)NCCN(C)C)cc2C1. The summed E-state index contributed by atoms with van der Waals surface area (Å²) in [5.74, 6) is 0.591. The molecule has 1 aliphatic carbocycles. The number of amides is 1. The van der Waals surface area contributed by atoms with Crippen molar-refractivity contribution in [2.24, 2.45) is 5.92 Å². The summed E-state index contributed by atoms with van der Waals surface area (Å²) >= 11 is 6.72. The maximum absolute atomic E-state index is 12.2. The number of aryl methyl sites for hydroxylation is 1. The van der Waals surface area contributed by atoms with E-state index in [-0.39, 0.29) is 5.91 Å². The molecular formula is C15H24N4OS2. The highest BCUT2D eigenvalue weighted by Gasteiger charge is 2.20. The van der Waals surface area contributed by atoms with Gasteiger partial charge in [0, 0.05) is 18.0 Å². The number of rotatable bonds is 4. The lowest BCUT2D eigenvalue weighted by molar-refractivity contribution is 0.0947. The van der Waals surface area contributed by atoms with E-state index in [0.29, 0.717) is 11.0 Å². The molecule has 22 heavy (non-hydrogen) atoms. The number of hydrogen-bond donors (Lipinski definition) is 3. The molecular weight excluding hydrogens is 316 g/mol. The Hall–Kier alpha value is -1.18. The second-order valence-corrected chi connectivity index (χ2v) is 7.59. The standard InChI is InChI=1S/C15H24N4OS2/c1-10-4-5-12-11(8-10)9-13(22-12)14(20)17-18-15(21)16-6-7-19(2)3/h9-10H,4-8H2,1-3H3,(H,17,20)(H2,16,18,21)/t10-/m0/s1. The fourth-order valence-corrected chi connectivity index (χ4v) is 3.69. The Kier molecular flexibility index (Phi) is 6.16. The third kappa shape index (κ3) is 4.93. The van der Waals surface area contributed by atoms with Crippen LogP contribution in [-0.2, 0) is 12.8 Å². The third-order valence-electron chi connectivity index (χ3n) is 3.69. The molecule has 0 unspecified atom stereocenters. The van der Waals surface area contributed by atoms with E-state index in [0.717, 1.165) is 30.8 Å². The van der Waals surface area contributed by atoms with E-state index in [2.05, 4.69) is 28.0 Å². The van der Waals surface area contributed by atoms with Gasteiger partial charge in [0.25, 0.3) is 5.91 Å². The largest absolute Gasteiger partial charge is 0.360 e. The van der Waals surface area contributed by atoms with Crippen LogP contribution in [0.5, 0.6) is 0 Å². The summed E-state index contributed by atoms with van der Waals surface area (Å²) in [6, 6.07) is 2.02. The summed E-state index contributed by atoms with van der Waals surface area (Å²) in [6.45, 7) is 3.88. The van der Waals surface area contributed by atoms with Crippen LogP contribution in [0.25, 0.3) is 0 Å². The number of hydrogen-bond acceptors (Lipinski definition) is 4. The molecule has 1 aromatic rings. The van der Waals surface area contributed by atoms with Crippen molar-refractivity contribution in [2.45, 2.75) is 26.2 Å². The Bertz CT molecular complexity index is 542. The fraction of sp³-hybridized carbons (Fsp3) is 0.600. The van der Waals surface area contributed by atoms with Crippen molar-refractivity contribution in [3.05, 3.63) is 21.4 Å². The molecule has 0 fully saturated rings. The van der Waals surface area contributed by atoms with Crippen LogP contribution in [0.2, 0.25) is 0 Å². The monoisotopic (exact) mass is 340 g/mol. The van der Waals surface area contributed by atoms with E-state index in [9.17, 15) is 4.79 Å². The van der Waals surface area contributed by atoms with E-state index in [1.165, 1.54) is 16.9 Å². The van der Waals surface area contributed by atoms with E-state index in [1.807, 2.05) is 20.2 Å². The Labute approximate surface area is 141 Å². The molecule has 0 radical (unpaired) electrons. The number of thiophene rings is 1. The number of hydrazine groups is 1. The van der Waals surface area contributed by atoms with Gasteiger partial charge in [-0.25, -0.2) is 0 Å². The van der Waals surface area contributed by atoms with Gasteiger partial charge >= 0.3 is 0 Å². The molecule has 1 heterocycles. The smallest absolute Gasteiger partial charge is 0.279 e. The highest BCUT2D eigenvalue weighted by atomic mass is 32.1. The van der Waals surface area contributed by atoms with Gasteiger partial charge < -0.3 is 10.2 Å². The van der Waals surface area contributed by atoms with Crippen molar-refractivity contribution in [2.75, 3.05) is 27.2 Å². The van der Waals surface area contributed by atoms with E-state index >= 15 is 0 Å². The topological polar surface area (TPSA) is 56.4 Å². The average Bonchev–Trinajstić information content (AvgIpc) is 2.87. The molecule has 3 N–H and O–H groups in total. The van der Waals surface area contributed by atoms with Gasteiger partial charge in [0.2, 0.25) is 0 Å². The van der Waals surface area contributed by atoms with Crippen LogP contribution in [0.15, 0.2) is 6.07 Å². The van der Waals surface area contributed by atoms with Crippen LogP contribution in [0, 0.1) is 5.92 Å². The summed E-state index contributed by atoms with van der Waals surface area (Å²) in [4.78, 5) is 16.3. The lowest BCUT2D eigenvalue weighted by atomic mass is 9.90. The molecule has 2 rings (SSSR count). The first-order chi connectivity index (χ1) is 10.5. The van der Waals surface area contributed by atoms with Gasteiger partial charge in [0.05, 0.1) is 4.88 Å². The van der Waals surface area contributed by atoms with E-state index in [1.54, 1.807) is 11.3 Å². The minimum Gasteiger partial charge on any atom is -0.360 e. The second-order valence-electron chi connectivity index (χ2n) is 6.05. The molecule has 1 atom stereocenters. The van der Waals surface area contributed by atoms with E-state index < -0.39 is 0 Å². The first kappa shape index (κ1) is 17.2. The maximum atomic E-state index is 12.2. The number of nitrogens with zero attached hydrogens (tertiary/aromatic N) is 1. The van der Waals surface area contributed by atoms with Crippen molar-refractivity contribution < 1.29 is 4.79 Å². The van der Waals surface area contributed by atoms with Crippen LogP contribution >= 0.6 is 23.6 Å². The zero-order chi connectivity index (χ0) is 16.1. The van der Waals surface area contributed by atoms with Crippen molar-refractivity contribution in [3.63, 3.8) is 0 Å². The van der Waals surface area contributed by atoms with Crippen LogP contribution in [0.1, 0.15) is 33.5 Å². The fourth-order valence-electron chi connectivity index (χ4n) is 2.43. The Morgan fingerprint density at radius 1 is 1.45 bits per heavy atom. The van der Waals surface area contributed by atoms with Gasteiger partial charge in [0.15, 0.2) is 5.11 Å². The highest BCUT2D eigenvalue weighted by molar-refractivity contribution is 7.80. The van der Waals surface area contributed by atoms with Gasteiger partial charge in [-0.1, -0.05) is 6.92 Å². The third-order valence-corrected chi connectivity index (χ3v) is 5.17. The number of fused-ring (bicyclic) bond motifs is 1. The molecule has 122 valence electrons. The molecule has 1 aliphatic rings. The van der Waals surface area contributed by atoms with E-state index in [4.69, 9.17) is 12.2 Å². The minimum absolute atomic E-state index is 0.121. The zero-order valence-electron chi connectivity index (χ0n) is 13.4. The predicted octanol–water partition coefficient (Wildman–Crippen LogP) is 1.54. The van der Waals surface area contributed by atoms with Gasteiger partial charge in [-0.2, -0.15) is 0 Å². The minimum atomic E-state index is -0.121. The lowest BCUT2D eigenvalue weighted by Crippen LogP contribution is -2.47. The van der Waals surface area contributed by atoms with Crippen molar-refractivity contribution >= 4 is 34.6 Å². The van der Waals surface area contributed by atoms with Crippen LogP contribution in [0.4, 0.5) is 0 Å². The number of likely N-dealkylation sites (N-methyl/N-ethyl adjacent to an activating group) is 1. The Morgan fingerprint density at radius 2 is 2.23 bits per heavy atom. The highest BCUT2D eigenvalue weighted by Crippen LogP contribution is 2.31. The molecule has 1 aromatic heterocycles. The normalized spacial score (nSPS) is 17.0. The van der Waals surface area contributed by atoms with Crippen molar-refractivity contribution in [3.8, 4) is 0 Å². The summed E-state index contributed by atoms with van der Waals surface area (Å²) in [7, 11) is 4.00. The van der Waals surface area contributed by atoms with Crippen LogP contribution in [-0.4, -0.2) is 43.1 Å². The molecule has 0 saturated heterocycles. The average molecular weight is 341 g/mol. The molecule has 5 nitrogen and oxygen atoms in total. The number of carbonyl (C=O) groups excluding carboxylic acids is 1. The Morgan fingerprint density at radius 3 is 2.95 bits per heavy atom. The molecule has 1 amide bonds. The Balaban J connectivity index is 1.79. The molecule has 7 heteroatoms. The van der Waals surface area contributed by atoms with Crippen molar-refractivity contribution in [1.82, 2.24) is 21.1 Å². The number of thiocarbonyl (C=S) groups is 1. The first-order valence-electron chi connectivity index (χ1n) is 7.56. The van der Waals surface area contributed by atoms with Crippen LogP contribution in [0.3, 0.4) is 0 Å². The number of carbonyl (C=O) groups is 1. The molecule has 0 spiro atoms. The summed E-state index contributed by atoms with van der Waals surface area (Å²) in [6.07, 6.45) is 3.39. The number of nitrogens with one attached hydrogen (secondary N) is 3. The van der Waals surface area contributed by atoms with Crippen molar-refractivity contribution in [1.29, 1.82) is 0 Å². The second kappa shape index (κ2) is 7.89. The maximum Gasteiger partial charge on any atom is 0.279 e. The molecule has 0 aromatic carbocycles. The zero-order valence-corrected chi connectivity index (χ0v) is 15.0. The lowest BCUT2D eigenvalue weighted by Gasteiger charge is -2.16. The van der Waals surface area contributed by atoms with Gasteiger partial charge in [-0.05, 0) is 63.1 Å². The predicted molar refractivity (Wildman–Crippen MR) is 95.3 cm³/mol. The molecule has 0 saturated carbocycles. The first-order valence-corrected chi connectivity index (χ1v) is 8.78. The summed E-state index contributed by atoms with van der Waals surface area (Å²) < 4.78 is 0. The summed E-state index contributed by atoms with van der Waals surface area (Å²) in [5.41, 5.74) is 6.75. The quantitative estimate of drug-likeness (QED) is 0.573.